The molecule has 0 spiro atoms. The fourth-order valence-electron chi connectivity index (χ4n) is 2.85. The Labute approximate surface area is 160 Å². The van der Waals surface area contributed by atoms with Crippen LogP contribution in [0.15, 0.2) is 48.7 Å². The first kappa shape index (κ1) is 19.6. The number of aromatic nitrogens is 1. The summed E-state index contributed by atoms with van der Waals surface area (Å²) in [6.07, 6.45) is 2.12. The smallest absolute Gasteiger partial charge is 0.234 e. The lowest BCUT2D eigenvalue weighted by Crippen LogP contribution is -2.39. The largest absolute Gasteiger partial charge is 0.383 e. The Balaban J connectivity index is 1.43. The minimum atomic E-state index is -3.43. The van der Waals surface area contributed by atoms with Crippen molar-refractivity contribution in [3.8, 4) is 0 Å². The van der Waals surface area contributed by atoms with Crippen molar-refractivity contribution in [3.05, 3.63) is 54.2 Å². The average Bonchev–Trinajstić information content (AvgIpc) is 2.69. The highest BCUT2D eigenvalue weighted by molar-refractivity contribution is 7.92. The second-order valence-electron chi connectivity index (χ2n) is 6.47. The molecule has 3 rings (SSSR count). The van der Waals surface area contributed by atoms with Crippen LogP contribution in [0.1, 0.15) is 5.56 Å². The van der Waals surface area contributed by atoms with E-state index in [1.54, 1.807) is 12.3 Å². The molecule has 2 aromatic rings. The van der Waals surface area contributed by atoms with Gasteiger partial charge in [-0.25, -0.2) is 13.4 Å². The van der Waals surface area contributed by atoms with Gasteiger partial charge in [-0.1, -0.05) is 30.3 Å². The second-order valence-corrected chi connectivity index (χ2v) is 8.31. The van der Waals surface area contributed by atoms with Crippen LogP contribution in [0.25, 0.3) is 0 Å². The van der Waals surface area contributed by atoms with Crippen LogP contribution in [0, 0.1) is 0 Å². The zero-order valence-corrected chi connectivity index (χ0v) is 16.1. The van der Waals surface area contributed by atoms with Gasteiger partial charge in [0.2, 0.25) is 10.0 Å². The number of morpholine rings is 1. The van der Waals surface area contributed by atoms with Crippen LogP contribution in [0.2, 0.25) is 0 Å². The molecule has 0 saturated carbocycles. The van der Waals surface area contributed by atoms with Gasteiger partial charge in [0.15, 0.2) is 0 Å². The van der Waals surface area contributed by atoms with E-state index in [1.165, 1.54) is 0 Å². The number of rotatable bonds is 9. The SMILES string of the molecule is O=S(=O)(CCc1ccccc1)Nc1ccc(NCCN2CCOCC2)cn1. The number of hydrogen-bond acceptors (Lipinski definition) is 6. The van der Waals surface area contributed by atoms with E-state index in [1.807, 2.05) is 36.4 Å². The molecule has 2 N–H and O–H groups in total. The van der Waals surface area contributed by atoms with Crippen LogP contribution in [0.3, 0.4) is 0 Å². The Kier molecular flexibility index (Phi) is 7.03. The van der Waals surface area contributed by atoms with Crippen molar-refractivity contribution in [1.29, 1.82) is 0 Å². The first-order valence-corrected chi connectivity index (χ1v) is 10.8. The number of aryl methyl sites for hydroxylation is 1. The van der Waals surface area contributed by atoms with Gasteiger partial charge in [0.1, 0.15) is 5.82 Å². The van der Waals surface area contributed by atoms with Crippen LogP contribution in [-0.2, 0) is 21.2 Å². The fraction of sp³-hybridized carbons (Fsp3) is 0.421. The first-order valence-electron chi connectivity index (χ1n) is 9.15. The summed E-state index contributed by atoms with van der Waals surface area (Å²) in [4.78, 5) is 6.54. The van der Waals surface area contributed by atoms with Gasteiger partial charge < -0.3 is 10.1 Å². The van der Waals surface area contributed by atoms with Crippen molar-refractivity contribution in [2.24, 2.45) is 0 Å². The third-order valence-corrected chi connectivity index (χ3v) is 5.65. The molecule has 0 bridgehead atoms. The molecular formula is C19H26N4O3S. The van der Waals surface area contributed by atoms with Crippen LogP contribution in [0.4, 0.5) is 11.5 Å². The number of ether oxygens (including phenoxy) is 1. The maximum Gasteiger partial charge on any atom is 0.234 e. The standard InChI is InChI=1S/C19H26N4O3S/c24-27(25,15-8-17-4-2-1-3-5-17)22-19-7-6-18(16-21-19)20-9-10-23-11-13-26-14-12-23/h1-7,16,20H,8-15H2,(H,21,22). The van der Waals surface area contributed by atoms with Crippen LogP contribution in [-0.4, -0.2) is 63.4 Å². The molecule has 0 aliphatic carbocycles. The maximum atomic E-state index is 12.2. The quantitative estimate of drug-likeness (QED) is 0.679. The predicted octanol–water partition coefficient (Wildman–Crippen LogP) is 1.81. The van der Waals surface area contributed by atoms with Crippen molar-refractivity contribution in [1.82, 2.24) is 9.88 Å². The monoisotopic (exact) mass is 390 g/mol. The molecule has 146 valence electrons. The van der Waals surface area contributed by atoms with Gasteiger partial charge in [0.25, 0.3) is 0 Å². The minimum absolute atomic E-state index is 0.0260. The number of sulfonamides is 1. The molecule has 0 unspecified atom stereocenters. The number of nitrogens with zero attached hydrogens (tertiary/aromatic N) is 2. The maximum absolute atomic E-state index is 12.2. The third kappa shape index (κ3) is 6.82. The summed E-state index contributed by atoms with van der Waals surface area (Å²) >= 11 is 0. The molecule has 1 fully saturated rings. The number of hydrogen-bond donors (Lipinski definition) is 2. The van der Waals surface area contributed by atoms with Gasteiger partial charge in [-0.3, -0.25) is 9.62 Å². The van der Waals surface area contributed by atoms with E-state index in [0.29, 0.717) is 12.2 Å². The van der Waals surface area contributed by atoms with Gasteiger partial charge in [0, 0.05) is 26.2 Å². The molecule has 2 heterocycles. The normalized spacial score (nSPS) is 15.4. The Hall–Kier alpha value is -2.16. The van der Waals surface area contributed by atoms with E-state index in [9.17, 15) is 8.42 Å². The minimum Gasteiger partial charge on any atom is -0.383 e. The molecule has 0 amide bonds. The number of pyridine rings is 1. The van der Waals surface area contributed by atoms with Crippen LogP contribution < -0.4 is 10.0 Å². The van der Waals surface area contributed by atoms with E-state index in [-0.39, 0.29) is 5.75 Å². The van der Waals surface area contributed by atoms with Crippen LogP contribution in [0.5, 0.6) is 0 Å². The Morgan fingerprint density at radius 3 is 2.56 bits per heavy atom. The van der Waals surface area contributed by atoms with Crippen molar-refractivity contribution in [2.45, 2.75) is 6.42 Å². The molecule has 0 radical (unpaired) electrons. The molecule has 1 aromatic heterocycles. The fourth-order valence-corrected chi connectivity index (χ4v) is 3.90. The lowest BCUT2D eigenvalue weighted by molar-refractivity contribution is 0.0398. The zero-order chi connectivity index (χ0) is 19.0. The summed E-state index contributed by atoms with van der Waals surface area (Å²) < 4.78 is 32.3. The summed E-state index contributed by atoms with van der Waals surface area (Å²) in [5.74, 6) is 0.361. The van der Waals surface area contributed by atoms with E-state index in [2.05, 4.69) is 19.9 Å². The molecule has 1 aliphatic heterocycles. The summed E-state index contributed by atoms with van der Waals surface area (Å²) in [5, 5.41) is 3.31. The lowest BCUT2D eigenvalue weighted by atomic mass is 10.2. The highest BCUT2D eigenvalue weighted by atomic mass is 32.2. The van der Waals surface area contributed by atoms with E-state index >= 15 is 0 Å². The third-order valence-electron chi connectivity index (χ3n) is 4.39. The van der Waals surface area contributed by atoms with Crippen LogP contribution >= 0.6 is 0 Å². The Bertz CT molecular complexity index is 791. The molecule has 1 aliphatic rings. The number of nitrogens with one attached hydrogen (secondary N) is 2. The zero-order valence-electron chi connectivity index (χ0n) is 15.3. The number of anilines is 2. The van der Waals surface area contributed by atoms with Gasteiger partial charge in [-0.2, -0.15) is 0 Å². The van der Waals surface area contributed by atoms with Gasteiger partial charge in [-0.05, 0) is 24.1 Å². The molecule has 0 atom stereocenters. The van der Waals surface area contributed by atoms with Crippen molar-refractivity contribution in [3.63, 3.8) is 0 Å². The number of benzene rings is 1. The highest BCUT2D eigenvalue weighted by Gasteiger charge is 2.12. The van der Waals surface area contributed by atoms with Crippen molar-refractivity contribution >= 4 is 21.5 Å². The lowest BCUT2D eigenvalue weighted by Gasteiger charge is -2.26. The molecule has 8 heteroatoms. The van der Waals surface area contributed by atoms with Gasteiger partial charge >= 0.3 is 0 Å². The summed E-state index contributed by atoms with van der Waals surface area (Å²) in [5.41, 5.74) is 1.87. The second kappa shape index (κ2) is 9.68. The molecular weight excluding hydrogens is 364 g/mol. The molecule has 1 saturated heterocycles. The van der Waals surface area contributed by atoms with E-state index < -0.39 is 10.0 Å². The van der Waals surface area contributed by atoms with Crippen molar-refractivity contribution < 1.29 is 13.2 Å². The van der Waals surface area contributed by atoms with E-state index in [4.69, 9.17) is 4.74 Å². The van der Waals surface area contributed by atoms with Crippen molar-refractivity contribution in [2.75, 3.05) is 55.2 Å². The molecule has 27 heavy (non-hydrogen) atoms. The van der Waals surface area contributed by atoms with E-state index in [0.717, 1.165) is 50.6 Å². The van der Waals surface area contributed by atoms with Gasteiger partial charge in [0.05, 0.1) is 30.9 Å². The summed E-state index contributed by atoms with van der Waals surface area (Å²) in [7, 11) is -3.43. The summed E-state index contributed by atoms with van der Waals surface area (Å²) in [6, 6.07) is 13.1. The average molecular weight is 391 g/mol. The molecule has 1 aromatic carbocycles. The highest BCUT2D eigenvalue weighted by Crippen LogP contribution is 2.12. The predicted molar refractivity (Wildman–Crippen MR) is 108 cm³/mol. The summed E-state index contributed by atoms with van der Waals surface area (Å²) in [6.45, 7) is 5.26. The Morgan fingerprint density at radius 2 is 1.85 bits per heavy atom. The van der Waals surface area contributed by atoms with Gasteiger partial charge in [-0.15, -0.1) is 0 Å². The topological polar surface area (TPSA) is 83.6 Å². The Morgan fingerprint density at radius 1 is 1.07 bits per heavy atom. The molecule has 7 nitrogen and oxygen atoms in total. The first-order chi connectivity index (χ1) is 13.1.